The van der Waals surface area contributed by atoms with Gasteiger partial charge in [-0.1, -0.05) is 0 Å². The van der Waals surface area contributed by atoms with Gasteiger partial charge in [0.05, 0.1) is 6.10 Å². The molecule has 0 radical (unpaired) electrons. The van der Waals surface area contributed by atoms with E-state index in [0.717, 1.165) is 32.1 Å². The van der Waals surface area contributed by atoms with E-state index in [2.05, 4.69) is 21.5 Å². The van der Waals surface area contributed by atoms with Gasteiger partial charge in [0, 0.05) is 12.5 Å². The largest absolute Gasteiger partial charge is 0.393 e. The van der Waals surface area contributed by atoms with Crippen LogP contribution in [-0.4, -0.2) is 43.2 Å². The van der Waals surface area contributed by atoms with Crippen molar-refractivity contribution in [2.45, 2.75) is 45.1 Å². The number of aliphatic hydroxyl groups excluding tert-OH is 1. The number of hydrazine groups is 1. The summed E-state index contributed by atoms with van der Waals surface area (Å²) in [5, 5.41) is 14.6. The Kier molecular flexibility index (Phi) is 5.98. The van der Waals surface area contributed by atoms with E-state index in [1.807, 2.05) is 6.92 Å². The number of hydrogen-bond acceptors (Lipinski definition) is 5. The number of amides is 3. The summed E-state index contributed by atoms with van der Waals surface area (Å²) < 4.78 is 5.12. The number of nitrogens with one attached hydrogen (secondary N) is 4. The van der Waals surface area contributed by atoms with Crippen molar-refractivity contribution in [2.24, 2.45) is 11.3 Å². The molecule has 2 saturated carbocycles. The first-order valence-electron chi connectivity index (χ1n) is 7.87. The fraction of sp³-hybridized carbons (Fsp3) is 0.857. The van der Waals surface area contributed by atoms with Gasteiger partial charge in [-0.25, -0.2) is 10.2 Å². The Bertz CT molecular complexity index is 396. The lowest BCUT2D eigenvalue weighted by molar-refractivity contribution is -0.125. The van der Waals surface area contributed by atoms with Crippen molar-refractivity contribution in [3.8, 4) is 0 Å². The van der Waals surface area contributed by atoms with Crippen LogP contribution >= 0.6 is 0 Å². The fourth-order valence-corrected chi connectivity index (χ4v) is 3.10. The van der Waals surface area contributed by atoms with Gasteiger partial charge in [0.25, 0.3) is 0 Å². The third kappa shape index (κ3) is 4.56. The third-order valence-corrected chi connectivity index (χ3v) is 4.52. The molecule has 8 nitrogen and oxygen atoms in total. The maximum atomic E-state index is 12.0. The molecule has 1 spiro atoms. The smallest absolute Gasteiger partial charge is 0.316 e. The topological polar surface area (TPSA) is 112 Å². The predicted molar refractivity (Wildman–Crippen MR) is 79.3 cm³/mol. The molecule has 0 saturated heterocycles. The Hall–Kier alpha value is -1.38. The monoisotopic (exact) mass is 314 g/mol. The minimum Gasteiger partial charge on any atom is -0.393 e. The van der Waals surface area contributed by atoms with Crippen molar-refractivity contribution in [3.05, 3.63) is 0 Å². The first kappa shape index (κ1) is 17.0. The number of aliphatic hydroxyl groups is 1. The average molecular weight is 314 g/mol. The van der Waals surface area contributed by atoms with Crippen molar-refractivity contribution in [1.29, 1.82) is 0 Å². The Morgan fingerprint density at radius 1 is 1.23 bits per heavy atom. The van der Waals surface area contributed by atoms with Crippen LogP contribution in [0.5, 0.6) is 0 Å². The maximum Gasteiger partial charge on any atom is 0.316 e. The first-order valence-corrected chi connectivity index (χ1v) is 7.87. The molecule has 0 aromatic rings. The Balaban J connectivity index is 1.51. The van der Waals surface area contributed by atoms with E-state index in [9.17, 15) is 14.7 Å². The molecule has 0 aromatic carbocycles. The van der Waals surface area contributed by atoms with E-state index in [4.69, 9.17) is 4.74 Å². The van der Waals surface area contributed by atoms with Crippen LogP contribution in [0.3, 0.4) is 0 Å². The second-order valence-corrected chi connectivity index (χ2v) is 6.05. The molecule has 2 aliphatic rings. The third-order valence-electron chi connectivity index (χ3n) is 4.52. The van der Waals surface area contributed by atoms with Crippen LogP contribution in [0.4, 0.5) is 4.79 Å². The van der Waals surface area contributed by atoms with Gasteiger partial charge in [-0.2, -0.15) is 0 Å². The molecular weight excluding hydrogens is 288 g/mol. The molecule has 0 aromatic heterocycles. The van der Waals surface area contributed by atoms with E-state index >= 15 is 0 Å². The molecule has 0 aliphatic heterocycles. The van der Waals surface area contributed by atoms with Crippen LogP contribution in [0.15, 0.2) is 0 Å². The van der Waals surface area contributed by atoms with Gasteiger partial charge < -0.3 is 20.5 Å². The quantitative estimate of drug-likeness (QED) is 0.254. The summed E-state index contributed by atoms with van der Waals surface area (Å²) in [7, 11) is 0. The lowest BCUT2D eigenvalue weighted by Gasteiger charge is -2.26. The minimum absolute atomic E-state index is 0.0170. The molecule has 0 heterocycles. The summed E-state index contributed by atoms with van der Waals surface area (Å²) in [5.41, 5.74) is 5.45. The first-order chi connectivity index (χ1) is 10.6. The molecule has 22 heavy (non-hydrogen) atoms. The van der Waals surface area contributed by atoms with Crippen molar-refractivity contribution in [3.63, 3.8) is 0 Å². The lowest BCUT2D eigenvalue weighted by Crippen LogP contribution is -2.42. The summed E-state index contributed by atoms with van der Waals surface area (Å²) in [6, 6.07) is -0.286. The van der Waals surface area contributed by atoms with Gasteiger partial charge >= 0.3 is 6.03 Å². The molecule has 1 atom stereocenters. The second-order valence-electron chi connectivity index (χ2n) is 6.05. The van der Waals surface area contributed by atoms with Gasteiger partial charge in [-0.15, -0.1) is 0 Å². The van der Waals surface area contributed by atoms with Crippen LogP contribution in [-0.2, 0) is 9.53 Å². The van der Waals surface area contributed by atoms with E-state index in [1.165, 1.54) is 0 Å². The van der Waals surface area contributed by atoms with E-state index in [1.54, 1.807) is 0 Å². The van der Waals surface area contributed by atoms with Crippen LogP contribution in [0, 0.1) is 11.3 Å². The van der Waals surface area contributed by atoms with E-state index in [0.29, 0.717) is 6.54 Å². The Morgan fingerprint density at radius 3 is 2.64 bits per heavy atom. The van der Waals surface area contributed by atoms with Crippen LogP contribution in [0.2, 0.25) is 0 Å². The highest BCUT2D eigenvalue weighted by Crippen LogP contribution is 2.61. The Morgan fingerprint density at radius 2 is 1.95 bits per heavy atom. The van der Waals surface area contributed by atoms with Gasteiger partial charge in [-0.3, -0.25) is 10.2 Å². The molecule has 0 bridgehead atoms. The SMILES string of the molecule is CCNC(=O)NCOCNNC(=O)C1CC12CCC(O)CC2. The zero-order chi connectivity index (χ0) is 16.0. The van der Waals surface area contributed by atoms with Crippen molar-refractivity contribution < 1.29 is 19.4 Å². The van der Waals surface area contributed by atoms with Crippen LogP contribution < -0.4 is 21.5 Å². The molecule has 8 heteroatoms. The molecule has 2 aliphatic carbocycles. The summed E-state index contributed by atoms with van der Waals surface area (Å²) in [4.78, 5) is 23.1. The van der Waals surface area contributed by atoms with Gasteiger partial charge in [0.1, 0.15) is 13.5 Å². The van der Waals surface area contributed by atoms with Crippen LogP contribution in [0.1, 0.15) is 39.0 Å². The standard InChI is InChI=1S/C14H26N4O4/c1-2-15-13(21)16-8-22-9-17-18-12(20)11-7-14(11)5-3-10(19)4-6-14/h10-11,17,19H,2-9H2,1H3,(H,18,20)(H2,15,16,21). The van der Waals surface area contributed by atoms with Gasteiger partial charge in [0.2, 0.25) is 5.91 Å². The normalized spacial score (nSPS) is 29.9. The summed E-state index contributed by atoms with van der Waals surface area (Å²) in [6.45, 7) is 2.58. The number of carbonyl (C=O) groups is 2. The van der Waals surface area contributed by atoms with Crippen molar-refractivity contribution in [2.75, 3.05) is 20.0 Å². The summed E-state index contributed by atoms with van der Waals surface area (Å²) in [5.74, 6) is 0.0256. The van der Waals surface area contributed by atoms with Crippen LogP contribution in [0.25, 0.3) is 0 Å². The fourth-order valence-electron chi connectivity index (χ4n) is 3.10. The predicted octanol–water partition coefficient (Wildman–Crippen LogP) is -0.201. The van der Waals surface area contributed by atoms with Gasteiger partial charge in [0.15, 0.2) is 0 Å². The molecule has 5 N–H and O–H groups in total. The number of rotatable bonds is 7. The number of carbonyl (C=O) groups excluding carboxylic acids is 2. The number of urea groups is 1. The van der Waals surface area contributed by atoms with E-state index < -0.39 is 0 Å². The average Bonchev–Trinajstić information content (AvgIpc) is 3.20. The molecule has 3 amide bonds. The molecule has 2 fully saturated rings. The van der Waals surface area contributed by atoms with E-state index in [-0.39, 0.29) is 42.8 Å². The minimum atomic E-state index is -0.286. The highest BCUT2D eigenvalue weighted by molar-refractivity contribution is 5.82. The number of hydrogen-bond donors (Lipinski definition) is 5. The number of ether oxygens (including phenoxy) is 1. The lowest BCUT2D eigenvalue weighted by atomic mass is 9.83. The van der Waals surface area contributed by atoms with Crippen molar-refractivity contribution >= 4 is 11.9 Å². The zero-order valence-corrected chi connectivity index (χ0v) is 13.0. The molecule has 126 valence electrons. The molecular formula is C14H26N4O4. The highest BCUT2D eigenvalue weighted by Gasteiger charge is 2.58. The summed E-state index contributed by atoms with van der Waals surface area (Å²) >= 11 is 0. The maximum absolute atomic E-state index is 12.0. The second kappa shape index (κ2) is 7.75. The highest BCUT2D eigenvalue weighted by atomic mass is 16.5. The zero-order valence-electron chi connectivity index (χ0n) is 13.0. The van der Waals surface area contributed by atoms with Crippen molar-refractivity contribution in [1.82, 2.24) is 21.5 Å². The summed E-state index contributed by atoms with van der Waals surface area (Å²) in [6.07, 6.45) is 4.17. The molecule has 1 unspecified atom stereocenters. The molecule has 2 rings (SSSR count). The van der Waals surface area contributed by atoms with Gasteiger partial charge in [-0.05, 0) is 44.4 Å². The Labute approximate surface area is 130 Å².